The zero-order valence-corrected chi connectivity index (χ0v) is 9.28. The minimum absolute atomic E-state index is 0.0564. The average Bonchev–Trinajstić information content (AvgIpc) is 2.23. The summed E-state index contributed by atoms with van der Waals surface area (Å²) in [6.07, 6.45) is -4.71. The van der Waals surface area contributed by atoms with Crippen molar-refractivity contribution in [2.45, 2.75) is 12.8 Å². The lowest BCUT2D eigenvalue weighted by molar-refractivity contribution is -0.274. The maximum Gasteiger partial charge on any atom is 0.573 e. The summed E-state index contributed by atoms with van der Waals surface area (Å²) < 4.78 is 39.7. The lowest BCUT2D eigenvalue weighted by Crippen LogP contribution is -2.25. The van der Waals surface area contributed by atoms with Crippen LogP contribution in [0.15, 0.2) is 24.3 Å². The van der Waals surface area contributed by atoms with Crippen LogP contribution >= 0.6 is 0 Å². The predicted molar refractivity (Wildman–Crippen MR) is 57.0 cm³/mol. The highest BCUT2D eigenvalue weighted by Gasteiger charge is 2.31. The maximum atomic E-state index is 12.0. The van der Waals surface area contributed by atoms with Crippen molar-refractivity contribution in [3.8, 4) is 5.75 Å². The first kappa shape index (κ1) is 14.3. The molecule has 18 heavy (non-hydrogen) atoms. The van der Waals surface area contributed by atoms with Gasteiger partial charge in [0.05, 0.1) is 5.92 Å². The van der Waals surface area contributed by atoms with Crippen LogP contribution in [0.3, 0.4) is 0 Å². The zero-order valence-electron chi connectivity index (χ0n) is 9.28. The number of alkyl halides is 3. The van der Waals surface area contributed by atoms with Crippen molar-refractivity contribution >= 4 is 5.97 Å². The number of benzene rings is 1. The summed E-state index contributed by atoms with van der Waals surface area (Å²) in [7, 11) is 0. The fourth-order valence-electron chi connectivity index (χ4n) is 1.43. The van der Waals surface area contributed by atoms with E-state index in [0.717, 1.165) is 12.1 Å². The lowest BCUT2D eigenvalue weighted by atomic mass is 9.99. The van der Waals surface area contributed by atoms with Crippen LogP contribution in [-0.4, -0.2) is 24.0 Å². The molecule has 0 spiro atoms. The van der Waals surface area contributed by atoms with Crippen LogP contribution in [0.2, 0.25) is 0 Å². The van der Waals surface area contributed by atoms with Gasteiger partial charge in [-0.2, -0.15) is 0 Å². The van der Waals surface area contributed by atoms with Gasteiger partial charge in [0.2, 0.25) is 0 Å². The van der Waals surface area contributed by atoms with Crippen LogP contribution in [0, 0.1) is 5.92 Å². The van der Waals surface area contributed by atoms with Crippen LogP contribution in [-0.2, 0) is 11.2 Å². The predicted octanol–water partition coefficient (Wildman–Crippen LogP) is 1.79. The molecule has 1 atom stereocenters. The number of ether oxygens (including phenoxy) is 1. The van der Waals surface area contributed by atoms with E-state index < -0.39 is 18.2 Å². The first-order valence-corrected chi connectivity index (χ1v) is 5.09. The Morgan fingerprint density at radius 1 is 1.44 bits per heavy atom. The minimum atomic E-state index is -4.77. The van der Waals surface area contributed by atoms with Crippen molar-refractivity contribution < 1.29 is 27.8 Å². The molecular formula is C11H12F3NO3. The van der Waals surface area contributed by atoms with Gasteiger partial charge >= 0.3 is 12.3 Å². The van der Waals surface area contributed by atoms with E-state index in [4.69, 9.17) is 10.8 Å². The lowest BCUT2D eigenvalue weighted by Gasteiger charge is -2.12. The van der Waals surface area contributed by atoms with Crippen molar-refractivity contribution in [3.63, 3.8) is 0 Å². The van der Waals surface area contributed by atoms with Gasteiger partial charge in [-0.05, 0) is 24.1 Å². The van der Waals surface area contributed by atoms with Crippen molar-refractivity contribution in [1.29, 1.82) is 0 Å². The second kappa shape index (κ2) is 5.72. The average molecular weight is 263 g/mol. The van der Waals surface area contributed by atoms with E-state index in [2.05, 4.69) is 4.74 Å². The number of hydrogen-bond donors (Lipinski definition) is 2. The Morgan fingerprint density at radius 2 is 2.11 bits per heavy atom. The fraction of sp³-hybridized carbons (Fsp3) is 0.364. The molecule has 0 aliphatic heterocycles. The van der Waals surface area contributed by atoms with E-state index in [0.29, 0.717) is 5.56 Å². The molecule has 0 heterocycles. The zero-order chi connectivity index (χ0) is 13.8. The third-order valence-corrected chi connectivity index (χ3v) is 2.25. The SMILES string of the molecule is NCC(Cc1cccc(OC(F)(F)F)c1)C(=O)O. The molecule has 7 heteroatoms. The molecular weight excluding hydrogens is 251 g/mol. The number of rotatable bonds is 5. The number of nitrogens with two attached hydrogens (primary N) is 1. The smallest absolute Gasteiger partial charge is 0.481 e. The van der Waals surface area contributed by atoms with Crippen molar-refractivity contribution in [3.05, 3.63) is 29.8 Å². The molecule has 0 aliphatic carbocycles. The molecule has 0 saturated carbocycles. The summed E-state index contributed by atoms with van der Waals surface area (Å²) in [4.78, 5) is 10.8. The van der Waals surface area contributed by atoms with Gasteiger partial charge in [-0.15, -0.1) is 13.2 Å². The summed E-state index contributed by atoms with van der Waals surface area (Å²) >= 11 is 0. The summed E-state index contributed by atoms with van der Waals surface area (Å²) in [5.74, 6) is -2.29. The van der Waals surface area contributed by atoms with Gasteiger partial charge in [0.1, 0.15) is 5.75 Å². The number of carbonyl (C=O) groups is 1. The van der Waals surface area contributed by atoms with Gasteiger partial charge in [-0.25, -0.2) is 0 Å². The molecule has 0 radical (unpaired) electrons. The van der Waals surface area contributed by atoms with Gasteiger partial charge in [0.25, 0.3) is 0 Å². The molecule has 0 fully saturated rings. The first-order valence-electron chi connectivity index (χ1n) is 5.09. The molecule has 0 amide bonds. The van der Waals surface area contributed by atoms with Crippen LogP contribution in [0.25, 0.3) is 0 Å². The number of aliphatic carboxylic acids is 1. The molecule has 0 aliphatic rings. The molecule has 100 valence electrons. The molecule has 1 rings (SSSR count). The Hall–Kier alpha value is -1.76. The van der Waals surface area contributed by atoms with E-state index in [1.54, 1.807) is 0 Å². The van der Waals surface area contributed by atoms with E-state index in [9.17, 15) is 18.0 Å². The first-order chi connectivity index (χ1) is 8.31. The second-order valence-electron chi connectivity index (χ2n) is 3.67. The highest BCUT2D eigenvalue weighted by molar-refractivity contribution is 5.70. The highest BCUT2D eigenvalue weighted by Crippen LogP contribution is 2.24. The molecule has 1 aromatic rings. The summed E-state index contributed by atoms with van der Waals surface area (Å²) in [6, 6.07) is 5.19. The summed E-state index contributed by atoms with van der Waals surface area (Å²) in [6.45, 7) is -0.0836. The van der Waals surface area contributed by atoms with Gasteiger partial charge in [-0.1, -0.05) is 12.1 Å². The molecule has 0 aromatic heterocycles. The number of hydrogen-bond acceptors (Lipinski definition) is 3. The third kappa shape index (κ3) is 4.62. The number of carboxylic acid groups (broad SMARTS) is 1. The Labute approximate surface area is 101 Å². The van der Waals surface area contributed by atoms with Crippen molar-refractivity contribution in [2.24, 2.45) is 11.7 Å². The third-order valence-electron chi connectivity index (χ3n) is 2.25. The number of halogens is 3. The normalized spacial score (nSPS) is 13.1. The van der Waals surface area contributed by atoms with Crippen molar-refractivity contribution in [1.82, 2.24) is 0 Å². The summed E-state index contributed by atoms with van der Waals surface area (Å²) in [5.41, 5.74) is 5.69. The van der Waals surface area contributed by atoms with Crippen LogP contribution in [0.5, 0.6) is 5.75 Å². The topological polar surface area (TPSA) is 72.5 Å². The summed E-state index contributed by atoms with van der Waals surface area (Å²) in [5, 5.41) is 8.80. The van der Waals surface area contributed by atoms with Gasteiger partial charge in [-0.3, -0.25) is 4.79 Å². The van der Waals surface area contributed by atoms with Gasteiger partial charge in [0, 0.05) is 6.54 Å². The Kier molecular flexibility index (Phi) is 4.55. The number of carboxylic acids is 1. The highest BCUT2D eigenvalue weighted by atomic mass is 19.4. The largest absolute Gasteiger partial charge is 0.573 e. The maximum absolute atomic E-state index is 12.0. The van der Waals surface area contributed by atoms with Crippen LogP contribution in [0.4, 0.5) is 13.2 Å². The van der Waals surface area contributed by atoms with E-state index in [-0.39, 0.29) is 18.7 Å². The van der Waals surface area contributed by atoms with Crippen molar-refractivity contribution in [2.75, 3.05) is 6.54 Å². The van der Waals surface area contributed by atoms with Crippen LogP contribution in [0.1, 0.15) is 5.56 Å². The fourth-order valence-corrected chi connectivity index (χ4v) is 1.43. The molecule has 3 N–H and O–H groups in total. The monoisotopic (exact) mass is 263 g/mol. The van der Waals surface area contributed by atoms with E-state index in [1.807, 2.05) is 0 Å². The van der Waals surface area contributed by atoms with E-state index >= 15 is 0 Å². The Morgan fingerprint density at radius 3 is 2.61 bits per heavy atom. The Bertz CT molecular complexity index is 420. The van der Waals surface area contributed by atoms with Gasteiger partial charge < -0.3 is 15.6 Å². The van der Waals surface area contributed by atoms with E-state index in [1.165, 1.54) is 12.1 Å². The van der Waals surface area contributed by atoms with Crippen LogP contribution < -0.4 is 10.5 Å². The molecule has 1 unspecified atom stereocenters. The molecule has 1 aromatic carbocycles. The van der Waals surface area contributed by atoms with Gasteiger partial charge in [0.15, 0.2) is 0 Å². The Balaban J connectivity index is 2.79. The molecule has 4 nitrogen and oxygen atoms in total. The standard InChI is InChI=1S/C11H12F3NO3/c12-11(13,14)18-9-3-1-2-7(5-9)4-8(6-15)10(16)17/h1-3,5,8H,4,6,15H2,(H,16,17). The molecule has 0 bridgehead atoms. The second-order valence-corrected chi connectivity index (χ2v) is 3.67. The quantitative estimate of drug-likeness (QED) is 0.849. The molecule has 0 saturated heterocycles. The minimum Gasteiger partial charge on any atom is -0.481 e.